The molecule has 10 heteroatoms. The average molecular weight is 436 g/mol. The molecule has 2 aliphatic rings. The van der Waals surface area contributed by atoms with E-state index in [1.165, 1.54) is 31.4 Å². The second-order valence-electron chi connectivity index (χ2n) is 6.73. The molecule has 0 saturated carbocycles. The van der Waals surface area contributed by atoms with Gasteiger partial charge in [0, 0.05) is 17.6 Å². The minimum Gasteiger partial charge on any atom is -0.497 e. The molecule has 4 rings (SSSR count). The maximum absolute atomic E-state index is 13.3. The summed E-state index contributed by atoms with van der Waals surface area (Å²) in [6, 6.07) is 10.0. The van der Waals surface area contributed by atoms with E-state index in [1.54, 1.807) is 24.3 Å². The van der Waals surface area contributed by atoms with Gasteiger partial charge in [-0.15, -0.1) is 0 Å². The van der Waals surface area contributed by atoms with Crippen molar-refractivity contribution >= 4 is 39.2 Å². The summed E-state index contributed by atoms with van der Waals surface area (Å²) in [4.78, 5) is 26.8. The monoisotopic (exact) mass is 435 g/mol. The van der Waals surface area contributed by atoms with Crippen LogP contribution >= 0.6 is 11.6 Å². The lowest BCUT2D eigenvalue weighted by Crippen LogP contribution is -2.64. The van der Waals surface area contributed by atoms with Crippen molar-refractivity contribution in [2.24, 2.45) is 0 Å². The second-order valence-corrected chi connectivity index (χ2v) is 9.06. The number of amides is 3. The number of sulfonamides is 1. The van der Waals surface area contributed by atoms with E-state index in [0.717, 1.165) is 9.21 Å². The first-order valence-electron chi connectivity index (χ1n) is 8.89. The Labute approximate surface area is 173 Å². The molecule has 0 aromatic heterocycles. The van der Waals surface area contributed by atoms with Gasteiger partial charge in [-0.25, -0.2) is 18.1 Å². The number of urea groups is 1. The Balaban J connectivity index is 1.70. The highest BCUT2D eigenvalue weighted by Gasteiger charge is 2.52. The summed E-state index contributed by atoms with van der Waals surface area (Å²) in [5.74, 6) is -0.121. The molecule has 3 amide bonds. The van der Waals surface area contributed by atoms with Gasteiger partial charge in [-0.2, -0.15) is 4.31 Å². The van der Waals surface area contributed by atoms with E-state index in [1.807, 2.05) is 0 Å². The fourth-order valence-corrected chi connectivity index (χ4v) is 5.43. The lowest BCUT2D eigenvalue weighted by atomic mass is 10.1. The maximum atomic E-state index is 13.3. The first-order chi connectivity index (χ1) is 13.8. The number of hydrogen-bond acceptors (Lipinski definition) is 5. The number of imide groups is 1. The molecule has 2 atom stereocenters. The highest BCUT2D eigenvalue weighted by Crippen LogP contribution is 2.33. The van der Waals surface area contributed by atoms with Crippen LogP contribution in [0.25, 0.3) is 0 Å². The number of carbonyl (C=O) groups is 2. The highest BCUT2D eigenvalue weighted by molar-refractivity contribution is 7.89. The van der Waals surface area contributed by atoms with Crippen LogP contribution in [0.3, 0.4) is 0 Å². The zero-order valence-corrected chi connectivity index (χ0v) is 17.0. The molecule has 1 N–H and O–H groups in total. The molecular weight excluding hydrogens is 418 g/mol. The molecule has 2 heterocycles. The first kappa shape index (κ1) is 19.7. The van der Waals surface area contributed by atoms with Gasteiger partial charge >= 0.3 is 6.03 Å². The van der Waals surface area contributed by atoms with Crippen LogP contribution in [0.15, 0.2) is 53.4 Å². The van der Waals surface area contributed by atoms with Crippen LogP contribution < -0.4 is 15.0 Å². The summed E-state index contributed by atoms with van der Waals surface area (Å²) < 4.78 is 32.6. The SMILES string of the molecule is COc1cccc(N2C(=O)N[C@@H]3CCN(S(=O)(=O)c4ccc(Cl)cc4)[C@@H]3C2=O)c1. The van der Waals surface area contributed by atoms with E-state index < -0.39 is 34.0 Å². The number of anilines is 1. The predicted molar refractivity (Wildman–Crippen MR) is 107 cm³/mol. The smallest absolute Gasteiger partial charge is 0.329 e. The van der Waals surface area contributed by atoms with Gasteiger partial charge in [0.05, 0.1) is 23.7 Å². The van der Waals surface area contributed by atoms with Crippen molar-refractivity contribution < 1.29 is 22.7 Å². The minimum atomic E-state index is -3.94. The fraction of sp³-hybridized carbons (Fsp3) is 0.263. The van der Waals surface area contributed by atoms with E-state index >= 15 is 0 Å². The summed E-state index contributed by atoms with van der Waals surface area (Å²) in [5.41, 5.74) is 0.307. The van der Waals surface area contributed by atoms with Crippen LogP contribution in [0.5, 0.6) is 5.75 Å². The van der Waals surface area contributed by atoms with Crippen LogP contribution in [-0.2, 0) is 14.8 Å². The molecule has 0 aliphatic carbocycles. The lowest BCUT2D eigenvalue weighted by Gasteiger charge is -2.36. The van der Waals surface area contributed by atoms with Gasteiger partial charge in [-0.05, 0) is 42.8 Å². The molecule has 0 bridgehead atoms. The van der Waals surface area contributed by atoms with Crippen molar-refractivity contribution in [3.8, 4) is 5.75 Å². The van der Waals surface area contributed by atoms with Gasteiger partial charge in [0.15, 0.2) is 0 Å². The molecule has 2 fully saturated rings. The Hall–Kier alpha value is -2.62. The standard InChI is InChI=1S/C19H18ClN3O5S/c1-28-14-4-2-3-13(11-14)23-18(24)17-16(21-19(23)25)9-10-22(17)29(26,27)15-7-5-12(20)6-8-15/h2-8,11,16-17H,9-10H2,1H3,(H,21,25)/t16-,17+/m1/s1. The van der Waals surface area contributed by atoms with Crippen molar-refractivity contribution in [3.05, 3.63) is 53.6 Å². The Morgan fingerprint density at radius 1 is 1.14 bits per heavy atom. The molecule has 2 aromatic rings. The Kier molecular flexibility index (Phi) is 4.97. The van der Waals surface area contributed by atoms with E-state index in [-0.39, 0.29) is 11.4 Å². The van der Waals surface area contributed by atoms with E-state index in [9.17, 15) is 18.0 Å². The van der Waals surface area contributed by atoms with Crippen molar-refractivity contribution in [1.82, 2.24) is 9.62 Å². The fourth-order valence-electron chi connectivity index (χ4n) is 3.67. The minimum absolute atomic E-state index is 0.0418. The number of halogens is 1. The van der Waals surface area contributed by atoms with Crippen LogP contribution in [-0.4, -0.2) is 50.4 Å². The topological polar surface area (TPSA) is 96.0 Å². The third kappa shape index (κ3) is 3.35. The Morgan fingerprint density at radius 2 is 1.86 bits per heavy atom. The number of methoxy groups -OCH3 is 1. The van der Waals surface area contributed by atoms with Crippen molar-refractivity contribution in [2.45, 2.75) is 23.4 Å². The van der Waals surface area contributed by atoms with Crippen molar-refractivity contribution in [2.75, 3.05) is 18.6 Å². The van der Waals surface area contributed by atoms with Gasteiger partial charge in [0.25, 0.3) is 5.91 Å². The van der Waals surface area contributed by atoms with Gasteiger partial charge in [0.2, 0.25) is 10.0 Å². The molecule has 0 unspecified atom stereocenters. The summed E-state index contributed by atoms with van der Waals surface area (Å²) in [5, 5.41) is 3.17. The number of ether oxygens (including phenoxy) is 1. The van der Waals surface area contributed by atoms with Crippen LogP contribution in [0.4, 0.5) is 10.5 Å². The van der Waals surface area contributed by atoms with E-state index in [4.69, 9.17) is 16.3 Å². The molecule has 0 spiro atoms. The molecule has 152 valence electrons. The number of benzene rings is 2. The Bertz CT molecular complexity index is 1070. The predicted octanol–water partition coefficient (Wildman–Crippen LogP) is 2.24. The summed E-state index contributed by atoms with van der Waals surface area (Å²) >= 11 is 5.86. The first-order valence-corrected chi connectivity index (χ1v) is 10.7. The lowest BCUT2D eigenvalue weighted by molar-refractivity contribution is -0.122. The largest absolute Gasteiger partial charge is 0.497 e. The third-order valence-electron chi connectivity index (χ3n) is 5.07. The summed E-state index contributed by atoms with van der Waals surface area (Å²) in [6.45, 7) is 0.123. The molecule has 2 aromatic carbocycles. The second kappa shape index (κ2) is 7.33. The number of carbonyl (C=O) groups excluding carboxylic acids is 2. The number of nitrogens with one attached hydrogen (secondary N) is 1. The van der Waals surface area contributed by atoms with Gasteiger partial charge in [-0.3, -0.25) is 4.79 Å². The summed E-state index contributed by atoms with van der Waals surface area (Å²) in [6.07, 6.45) is 0.348. The molecule has 2 saturated heterocycles. The van der Waals surface area contributed by atoms with Crippen LogP contribution in [0.2, 0.25) is 5.02 Å². The number of rotatable bonds is 4. The normalized spacial score (nSPS) is 22.3. The van der Waals surface area contributed by atoms with Gasteiger partial charge < -0.3 is 10.1 Å². The number of fused-ring (bicyclic) bond motifs is 1. The highest BCUT2D eigenvalue weighted by atomic mass is 35.5. The zero-order chi connectivity index (χ0) is 20.8. The maximum Gasteiger partial charge on any atom is 0.329 e. The number of nitrogens with zero attached hydrogens (tertiary/aromatic N) is 2. The summed E-state index contributed by atoms with van der Waals surface area (Å²) in [7, 11) is -2.47. The van der Waals surface area contributed by atoms with Gasteiger partial charge in [0.1, 0.15) is 11.8 Å². The number of hydrogen-bond donors (Lipinski definition) is 1. The quantitative estimate of drug-likeness (QED) is 0.794. The zero-order valence-electron chi connectivity index (χ0n) is 15.4. The molecule has 8 nitrogen and oxygen atoms in total. The third-order valence-corrected chi connectivity index (χ3v) is 7.22. The van der Waals surface area contributed by atoms with E-state index in [2.05, 4.69) is 5.32 Å². The molecular formula is C19H18ClN3O5S. The molecule has 29 heavy (non-hydrogen) atoms. The van der Waals surface area contributed by atoms with Crippen LogP contribution in [0.1, 0.15) is 6.42 Å². The van der Waals surface area contributed by atoms with Crippen molar-refractivity contribution in [3.63, 3.8) is 0 Å². The van der Waals surface area contributed by atoms with Gasteiger partial charge in [-0.1, -0.05) is 17.7 Å². The average Bonchev–Trinajstić information content (AvgIpc) is 3.13. The Morgan fingerprint density at radius 3 is 2.55 bits per heavy atom. The molecule has 0 radical (unpaired) electrons. The van der Waals surface area contributed by atoms with Crippen molar-refractivity contribution in [1.29, 1.82) is 0 Å². The van der Waals surface area contributed by atoms with Crippen LogP contribution in [0, 0.1) is 0 Å². The molecule has 2 aliphatic heterocycles. The van der Waals surface area contributed by atoms with E-state index in [0.29, 0.717) is 22.9 Å².